The number of methoxy groups -OCH3 is 1. The lowest BCUT2D eigenvalue weighted by atomic mass is 9.86. The summed E-state index contributed by atoms with van der Waals surface area (Å²) in [5.74, 6) is 2.96. The summed E-state index contributed by atoms with van der Waals surface area (Å²) in [5.41, 5.74) is 3.85. The Balaban J connectivity index is 0.000000171. The van der Waals surface area contributed by atoms with Gasteiger partial charge in [0, 0.05) is 95.2 Å². The van der Waals surface area contributed by atoms with Crippen molar-refractivity contribution in [2.45, 2.75) is 154 Å². The van der Waals surface area contributed by atoms with Gasteiger partial charge in [-0.05, 0) is 120 Å². The number of Topliss-reactive ketones (excluding diaryl/α,β-unsaturated/α-hetero) is 2. The highest BCUT2D eigenvalue weighted by molar-refractivity contribution is 6.30. The van der Waals surface area contributed by atoms with Gasteiger partial charge in [0.2, 0.25) is 0 Å². The third kappa shape index (κ3) is 9.92. The summed E-state index contributed by atoms with van der Waals surface area (Å²) in [6.45, 7) is 9.75. The summed E-state index contributed by atoms with van der Waals surface area (Å²) >= 11 is 6.00. The van der Waals surface area contributed by atoms with Gasteiger partial charge in [-0.2, -0.15) is 0 Å². The number of fused-ring (bicyclic) bond motifs is 6. The highest BCUT2D eigenvalue weighted by atomic mass is 35.5. The lowest BCUT2D eigenvalue weighted by Crippen LogP contribution is -2.46. The van der Waals surface area contributed by atoms with Gasteiger partial charge < -0.3 is 18.6 Å². The fraction of sp³-hybridized carbons (Fsp3) is 0.538. The molecule has 3 aromatic carbocycles. The zero-order valence-corrected chi connectivity index (χ0v) is 37.8. The Morgan fingerprint density at radius 3 is 1.85 bits per heavy atom. The Hall–Kier alpha value is -4.11. The molecule has 4 aliphatic rings. The number of ether oxygens (including phenoxy) is 2. The number of para-hydroxylation sites is 2. The van der Waals surface area contributed by atoms with Gasteiger partial charge in [0.05, 0.1) is 12.6 Å². The Labute approximate surface area is 368 Å². The molecule has 2 aromatic heterocycles. The Kier molecular flexibility index (Phi) is 14.2. The van der Waals surface area contributed by atoms with Crippen molar-refractivity contribution in [1.82, 2.24) is 18.9 Å². The van der Waals surface area contributed by atoms with Crippen LogP contribution in [-0.2, 0) is 13.1 Å². The monoisotopic (exact) mass is 846 g/mol. The zero-order chi connectivity index (χ0) is 42.5. The number of unbranched alkanes of at least 4 members (excludes halogenated alkanes) is 2. The number of rotatable bonds is 17. The number of piperidine rings is 2. The Morgan fingerprint density at radius 1 is 0.656 bits per heavy atom. The van der Waals surface area contributed by atoms with E-state index in [1.807, 2.05) is 54.7 Å². The molecule has 0 radical (unpaired) electrons. The number of carbonyl (C=O) groups is 2. The third-order valence-corrected chi connectivity index (χ3v) is 14.7. The SMILES string of the molecule is CCCCCC1CC2CCC(C1)N2CCCn1cc(C(C)=O)c2ccccc21.COc1cccc2c(C(C)=O)cn(CCCN3C4CCC3CC(Oc3ccc(Cl)cc3)C4)c12. The molecule has 61 heavy (non-hydrogen) atoms. The van der Waals surface area contributed by atoms with Crippen LogP contribution in [0.2, 0.25) is 5.02 Å². The maximum Gasteiger partial charge on any atom is 0.161 e. The zero-order valence-electron chi connectivity index (χ0n) is 37.0. The quantitative estimate of drug-likeness (QED) is 0.0686. The van der Waals surface area contributed by atoms with Gasteiger partial charge in [0.15, 0.2) is 11.6 Å². The number of halogens is 1. The van der Waals surface area contributed by atoms with Crippen LogP contribution in [0.15, 0.2) is 79.1 Å². The standard InChI is InChI=1S/C27H31ClN2O3.C25H36N2O/c1-18(31)25-17-29(27-24(25)5-3-6-26(27)32-2)13-4-14-30-20-9-10-21(30)16-23(15-20)33-22-11-7-19(28)8-12-22;1-3-4-5-9-20-16-21-12-13-22(17-20)27(21)15-8-14-26-18-24(19(2)28)23-10-6-7-11-25(23)26/h3,5-8,11-12,17,20-21,23H,4,9-10,13-16H2,1-2H3;6-7,10-11,18,20-22H,3-5,8-9,12-17H2,1-2H3. The highest BCUT2D eigenvalue weighted by Gasteiger charge is 2.42. The fourth-order valence-electron chi connectivity index (χ4n) is 11.6. The molecule has 9 heteroatoms. The van der Waals surface area contributed by atoms with E-state index in [0.717, 1.165) is 101 Å². The molecule has 6 heterocycles. The molecule has 5 aromatic rings. The van der Waals surface area contributed by atoms with E-state index in [4.69, 9.17) is 21.1 Å². The van der Waals surface area contributed by atoms with E-state index in [-0.39, 0.29) is 17.7 Å². The van der Waals surface area contributed by atoms with E-state index in [1.54, 1.807) is 21.0 Å². The minimum absolute atomic E-state index is 0.0906. The van der Waals surface area contributed by atoms with Gasteiger partial charge in [-0.3, -0.25) is 19.4 Å². The van der Waals surface area contributed by atoms with Crippen molar-refractivity contribution in [2.75, 3.05) is 20.2 Å². The van der Waals surface area contributed by atoms with Crippen molar-refractivity contribution in [1.29, 1.82) is 0 Å². The van der Waals surface area contributed by atoms with Crippen molar-refractivity contribution >= 4 is 45.0 Å². The first-order chi connectivity index (χ1) is 29.7. The predicted molar refractivity (Wildman–Crippen MR) is 249 cm³/mol. The lowest BCUT2D eigenvalue weighted by Gasteiger charge is -2.39. The molecule has 4 atom stereocenters. The van der Waals surface area contributed by atoms with Gasteiger partial charge in [0.1, 0.15) is 17.6 Å². The topological polar surface area (TPSA) is 68.9 Å². The van der Waals surface area contributed by atoms with Gasteiger partial charge in [-0.25, -0.2) is 0 Å². The van der Waals surface area contributed by atoms with Crippen LogP contribution in [0.25, 0.3) is 21.8 Å². The smallest absolute Gasteiger partial charge is 0.161 e. The third-order valence-electron chi connectivity index (χ3n) is 14.4. The molecule has 326 valence electrons. The molecule has 0 saturated carbocycles. The first-order valence-corrected chi connectivity index (χ1v) is 23.8. The summed E-state index contributed by atoms with van der Waals surface area (Å²) < 4.78 is 16.4. The van der Waals surface area contributed by atoms with E-state index >= 15 is 0 Å². The second-order valence-corrected chi connectivity index (χ2v) is 18.8. The molecule has 0 amide bonds. The van der Waals surface area contributed by atoms with Crippen molar-refractivity contribution in [3.63, 3.8) is 0 Å². The average Bonchev–Trinajstić information content (AvgIpc) is 3.96. The molecule has 0 spiro atoms. The van der Waals surface area contributed by atoms with Crippen molar-refractivity contribution in [3.05, 3.63) is 95.3 Å². The Bertz CT molecular complexity index is 2230. The normalized spacial score (nSPS) is 23.6. The number of benzene rings is 3. The fourth-order valence-corrected chi connectivity index (χ4v) is 11.7. The molecule has 0 aliphatic carbocycles. The summed E-state index contributed by atoms with van der Waals surface area (Å²) in [6, 6.07) is 24.8. The molecule has 8 nitrogen and oxygen atoms in total. The van der Waals surface area contributed by atoms with Crippen LogP contribution in [0.3, 0.4) is 0 Å². The van der Waals surface area contributed by atoms with Crippen LogP contribution >= 0.6 is 11.6 Å². The van der Waals surface area contributed by atoms with E-state index in [0.29, 0.717) is 12.1 Å². The molecule has 9 rings (SSSR count). The second-order valence-electron chi connectivity index (χ2n) is 18.4. The number of ketones is 2. The van der Waals surface area contributed by atoms with E-state index in [9.17, 15) is 9.59 Å². The van der Waals surface area contributed by atoms with E-state index in [2.05, 4.69) is 50.3 Å². The summed E-state index contributed by atoms with van der Waals surface area (Å²) in [5, 5.41) is 2.81. The largest absolute Gasteiger partial charge is 0.495 e. The lowest BCUT2D eigenvalue weighted by molar-refractivity contribution is 0.0482. The number of carbonyl (C=O) groups excluding carboxylic acids is 2. The number of aryl methyl sites for hydroxylation is 2. The van der Waals surface area contributed by atoms with Gasteiger partial charge in [-0.15, -0.1) is 0 Å². The molecule has 4 fully saturated rings. The summed E-state index contributed by atoms with van der Waals surface area (Å²) in [7, 11) is 1.69. The van der Waals surface area contributed by atoms with Gasteiger partial charge in [-0.1, -0.05) is 74.5 Å². The number of hydrogen-bond acceptors (Lipinski definition) is 6. The van der Waals surface area contributed by atoms with Crippen LogP contribution < -0.4 is 9.47 Å². The van der Waals surface area contributed by atoms with Gasteiger partial charge >= 0.3 is 0 Å². The van der Waals surface area contributed by atoms with Crippen molar-refractivity contribution in [2.24, 2.45) is 5.92 Å². The molecule has 0 N–H and O–H groups in total. The Morgan fingerprint density at radius 2 is 1.23 bits per heavy atom. The first-order valence-electron chi connectivity index (χ1n) is 23.4. The molecular formula is C52H67ClN4O4. The van der Waals surface area contributed by atoms with Crippen LogP contribution in [0.1, 0.15) is 131 Å². The minimum Gasteiger partial charge on any atom is -0.495 e. The maximum absolute atomic E-state index is 12.2. The number of aromatic nitrogens is 2. The van der Waals surface area contributed by atoms with E-state index in [1.165, 1.54) is 82.7 Å². The van der Waals surface area contributed by atoms with Gasteiger partial charge in [0.25, 0.3) is 0 Å². The number of nitrogens with zero attached hydrogens (tertiary/aromatic N) is 4. The predicted octanol–water partition coefficient (Wildman–Crippen LogP) is 12.0. The molecule has 4 aliphatic heterocycles. The highest BCUT2D eigenvalue weighted by Crippen LogP contribution is 2.41. The molecular weight excluding hydrogens is 780 g/mol. The van der Waals surface area contributed by atoms with Crippen LogP contribution in [-0.4, -0.2) is 81.0 Å². The summed E-state index contributed by atoms with van der Waals surface area (Å²) in [4.78, 5) is 29.7. The van der Waals surface area contributed by atoms with Crippen molar-refractivity contribution in [3.8, 4) is 11.5 Å². The van der Waals surface area contributed by atoms with Crippen LogP contribution in [0.4, 0.5) is 0 Å². The molecule has 4 bridgehead atoms. The minimum atomic E-state index is 0.0906. The van der Waals surface area contributed by atoms with Crippen LogP contribution in [0, 0.1) is 5.92 Å². The van der Waals surface area contributed by atoms with Crippen LogP contribution in [0.5, 0.6) is 11.5 Å². The second kappa shape index (κ2) is 19.9. The molecule has 4 unspecified atom stereocenters. The first kappa shape index (κ1) is 43.5. The van der Waals surface area contributed by atoms with Crippen molar-refractivity contribution < 1.29 is 19.1 Å². The maximum atomic E-state index is 12.2. The van der Waals surface area contributed by atoms with E-state index < -0.39 is 0 Å². The average molecular weight is 848 g/mol. The summed E-state index contributed by atoms with van der Waals surface area (Å²) in [6.07, 6.45) is 22.5. The number of hydrogen-bond donors (Lipinski definition) is 0. The molecule has 4 saturated heterocycles.